The first-order chi connectivity index (χ1) is 11.1. The second kappa shape index (κ2) is 8.29. The minimum Gasteiger partial charge on any atom is -0.363 e. The molecule has 0 fully saturated rings. The van der Waals surface area contributed by atoms with E-state index < -0.39 is 0 Å². The number of carbonyl (C=O) groups is 1. The van der Waals surface area contributed by atoms with Crippen LogP contribution in [-0.4, -0.2) is 29.5 Å². The van der Waals surface area contributed by atoms with Crippen LogP contribution in [0.4, 0.5) is 5.69 Å². The van der Waals surface area contributed by atoms with Crippen LogP contribution in [-0.2, 0) is 6.54 Å². The van der Waals surface area contributed by atoms with E-state index in [9.17, 15) is 4.79 Å². The monoisotopic (exact) mass is 327 g/mol. The molecule has 4 nitrogen and oxygen atoms in total. The first kappa shape index (κ1) is 17.0. The van der Waals surface area contributed by atoms with E-state index in [1.165, 1.54) is 0 Å². The molecule has 2 rings (SSSR count). The van der Waals surface area contributed by atoms with E-state index in [4.69, 9.17) is 12.2 Å². The zero-order chi connectivity index (χ0) is 16.7. The van der Waals surface area contributed by atoms with E-state index in [1.54, 1.807) is 18.0 Å². The van der Waals surface area contributed by atoms with Gasteiger partial charge < -0.3 is 15.5 Å². The average molecular weight is 327 g/mol. The van der Waals surface area contributed by atoms with Crippen LogP contribution in [0.25, 0.3) is 0 Å². The number of hydrogen-bond acceptors (Lipinski definition) is 2. The Balaban J connectivity index is 2.13. The molecule has 0 aliphatic heterocycles. The van der Waals surface area contributed by atoms with E-state index in [1.807, 2.05) is 55.5 Å². The smallest absolute Gasteiger partial charge is 0.256 e. The minimum absolute atomic E-state index is 0.0451. The largest absolute Gasteiger partial charge is 0.363 e. The highest BCUT2D eigenvalue weighted by Crippen LogP contribution is 2.18. The van der Waals surface area contributed by atoms with E-state index >= 15 is 0 Å². The van der Waals surface area contributed by atoms with Crippen molar-refractivity contribution in [2.75, 3.05) is 18.9 Å². The summed E-state index contributed by atoms with van der Waals surface area (Å²) < 4.78 is 0. The highest BCUT2D eigenvalue weighted by molar-refractivity contribution is 7.80. The van der Waals surface area contributed by atoms with Gasteiger partial charge in [-0.05, 0) is 36.8 Å². The molecule has 2 aromatic carbocycles. The van der Waals surface area contributed by atoms with E-state index in [0.717, 1.165) is 12.1 Å². The third-order valence-corrected chi connectivity index (χ3v) is 3.60. The molecule has 0 aliphatic rings. The van der Waals surface area contributed by atoms with Crippen LogP contribution in [0.5, 0.6) is 0 Å². The first-order valence-corrected chi connectivity index (χ1v) is 7.96. The molecular weight excluding hydrogens is 306 g/mol. The minimum atomic E-state index is -0.0451. The van der Waals surface area contributed by atoms with Gasteiger partial charge in [0.25, 0.3) is 5.91 Å². The normalized spacial score (nSPS) is 10.0. The SMILES string of the molecule is CCNC(=S)Nc1ccccc1C(=O)N(C)Cc1ccccc1. The fourth-order valence-electron chi connectivity index (χ4n) is 2.24. The molecule has 2 N–H and O–H groups in total. The Bertz CT molecular complexity index is 673. The lowest BCUT2D eigenvalue weighted by molar-refractivity contribution is 0.0786. The van der Waals surface area contributed by atoms with Crippen molar-refractivity contribution in [3.05, 3.63) is 65.7 Å². The Kier molecular flexibility index (Phi) is 6.11. The van der Waals surface area contributed by atoms with Crippen molar-refractivity contribution in [1.82, 2.24) is 10.2 Å². The number of rotatable bonds is 5. The molecule has 0 aromatic heterocycles. The van der Waals surface area contributed by atoms with Crippen LogP contribution in [0, 0.1) is 0 Å². The average Bonchev–Trinajstić information content (AvgIpc) is 2.56. The van der Waals surface area contributed by atoms with Gasteiger partial charge in [0.15, 0.2) is 5.11 Å². The summed E-state index contributed by atoms with van der Waals surface area (Å²) in [6, 6.07) is 17.3. The Morgan fingerprint density at radius 2 is 1.74 bits per heavy atom. The highest BCUT2D eigenvalue weighted by Gasteiger charge is 2.16. The number of nitrogens with zero attached hydrogens (tertiary/aromatic N) is 1. The zero-order valence-corrected chi connectivity index (χ0v) is 14.2. The predicted octanol–water partition coefficient (Wildman–Crippen LogP) is 3.27. The molecule has 0 saturated heterocycles. The number of para-hydroxylation sites is 1. The van der Waals surface area contributed by atoms with Gasteiger partial charge in [-0.1, -0.05) is 42.5 Å². The fourth-order valence-corrected chi connectivity index (χ4v) is 2.49. The number of amides is 1. The van der Waals surface area contributed by atoms with Crippen LogP contribution in [0.2, 0.25) is 0 Å². The summed E-state index contributed by atoms with van der Waals surface area (Å²) in [6.45, 7) is 3.26. The molecule has 120 valence electrons. The van der Waals surface area contributed by atoms with E-state index in [2.05, 4.69) is 10.6 Å². The molecule has 0 bridgehead atoms. The second-order valence-corrected chi connectivity index (χ2v) is 5.59. The molecule has 0 spiro atoms. The summed E-state index contributed by atoms with van der Waals surface area (Å²) >= 11 is 5.20. The Morgan fingerprint density at radius 1 is 1.09 bits per heavy atom. The van der Waals surface area contributed by atoms with Gasteiger partial charge in [-0.15, -0.1) is 0 Å². The number of hydrogen-bond donors (Lipinski definition) is 2. The third kappa shape index (κ3) is 4.79. The maximum absolute atomic E-state index is 12.7. The molecule has 2 aromatic rings. The van der Waals surface area contributed by atoms with Crippen molar-refractivity contribution in [2.24, 2.45) is 0 Å². The lowest BCUT2D eigenvalue weighted by Gasteiger charge is -2.20. The predicted molar refractivity (Wildman–Crippen MR) is 98.6 cm³/mol. The van der Waals surface area contributed by atoms with E-state index in [0.29, 0.717) is 22.9 Å². The molecule has 23 heavy (non-hydrogen) atoms. The molecule has 0 radical (unpaired) electrons. The quantitative estimate of drug-likeness (QED) is 0.828. The number of benzene rings is 2. The topological polar surface area (TPSA) is 44.4 Å². The summed E-state index contributed by atoms with van der Waals surface area (Å²) in [5.41, 5.74) is 2.41. The van der Waals surface area contributed by atoms with Crippen molar-refractivity contribution in [2.45, 2.75) is 13.5 Å². The van der Waals surface area contributed by atoms with Crippen LogP contribution in [0.15, 0.2) is 54.6 Å². The van der Waals surface area contributed by atoms with Crippen LogP contribution >= 0.6 is 12.2 Å². The Morgan fingerprint density at radius 3 is 2.43 bits per heavy atom. The van der Waals surface area contributed by atoms with Gasteiger partial charge in [0.05, 0.1) is 11.3 Å². The van der Waals surface area contributed by atoms with E-state index in [-0.39, 0.29) is 5.91 Å². The lowest BCUT2D eigenvalue weighted by Crippen LogP contribution is -2.31. The summed E-state index contributed by atoms with van der Waals surface area (Å²) in [4.78, 5) is 14.4. The number of anilines is 1. The summed E-state index contributed by atoms with van der Waals surface area (Å²) in [6.07, 6.45) is 0. The van der Waals surface area contributed by atoms with Gasteiger partial charge in [0, 0.05) is 20.1 Å². The van der Waals surface area contributed by atoms with Gasteiger partial charge in [-0.25, -0.2) is 0 Å². The van der Waals surface area contributed by atoms with Gasteiger partial charge in [0.2, 0.25) is 0 Å². The molecule has 0 heterocycles. The summed E-state index contributed by atoms with van der Waals surface area (Å²) in [5, 5.41) is 6.62. The molecule has 1 amide bonds. The van der Waals surface area contributed by atoms with Crippen molar-refractivity contribution in [3.63, 3.8) is 0 Å². The lowest BCUT2D eigenvalue weighted by atomic mass is 10.1. The maximum atomic E-state index is 12.7. The van der Waals surface area contributed by atoms with Crippen molar-refractivity contribution in [1.29, 1.82) is 0 Å². The highest BCUT2D eigenvalue weighted by atomic mass is 32.1. The first-order valence-electron chi connectivity index (χ1n) is 7.55. The van der Waals surface area contributed by atoms with Gasteiger partial charge >= 0.3 is 0 Å². The number of nitrogens with one attached hydrogen (secondary N) is 2. The summed E-state index contributed by atoms with van der Waals surface area (Å²) in [5.74, 6) is -0.0451. The Labute approximate surface area is 142 Å². The van der Waals surface area contributed by atoms with Gasteiger partial charge in [-0.2, -0.15) is 0 Å². The maximum Gasteiger partial charge on any atom is 0.256 e. The van der Waals surface area contributed by atoms with Crippen LogP contribution < -0.4 is 10.6 Å². The third-order valence-electron chi connectivity index (χ3n) is 3.35. The molecule has 0 saturated carbocycles. The molecule has 0 unspecified atom stereocenters. The van der Waals surface area contributed by atoms with Gasteiger partial charge in [-0.3, -0.25) is 4.79 Å². The van der Waals surface area contributed by atoms with Crippen LogP contribution in [0.3, 0.4) is 0 Å². The van der Waals surface area contributed by atoms with Crippen molar-refractivity contribution in [3.8, 4) is 0 Å². The molecule has 0 aliphatic carbocycles. The fraction of sp³-hybridized carbons (Fsp3) is 0.222. The second-order valence-electron chi connectivity index (χ2n) is 5.18. The Hall–Kier alpha value is -2.40. The molecule has 5 heteroatoms. The molecule has 0 atom stereocenters. The molecular formula is C18H21N3OS. The van der Waals surface area contributed by atoms with Crippen molar-refractivity contribution < 1.29 is 4.79 Å². The van der Waals surface area contributed by atoms with Crippen molar-refractivity contribution >= 4 is 28.9 Å². The van der Waals surface area contributed by atoms with Crippen LogP contribution in [0.1, 0.15) is 22.8 Å². The number of thiocarbonyl (C=S) groups is 1. The zero-order valence-electron chi connectivity index (χ0n) is 13.4. The standard InChI is InChI=1S/C18H21N3OS/c1-3-19-18(23)20-16-12-8-7-11-15(16)17(22)21(2)13-14-9-5-4-6-10-14/h4-12H,3,13H2,1-2H3,(H2,19,20,23). The van der Waals surface area contributed by atoms with Gasteiger partial charge in [0.1, 0.15) is 0 Å². The number of carbonyl (C=O) groups excluding carboxylic acids is 1. The summed E-state index contributed by atoms with van der Waals surface area (Å²) in [7, 11) is 1.80.